The second-order valence-corrected chi connectivity index (χ2v) is 6.74. The van der Waals surface area contributed by atoms with Crippen molar-refractivity contribution in [1.82, 2.24) is 0 Å². The van der Waals surface area contributed by atoms with Gasteiger partial charge in [0, 0.05) is 4.83 Å². The van der Waals surface area contributed by atoms with Crippen LogP contribution in [0, 0.1) is 23.2 Å². The second-order valence-electron chi connectivity index (χ2n) is 5.69. The predicted molar refractivity (Wildman–Crippen MR) is 60.7 cm³/mol. The Bertz CT molecular complexity index is 286. The van der Waals surface area contributed by atoms with Crippen molar-refractivity contribution >= 4 is 21.9 Å². The van der Waals surface area contributed by atoms with Crippen LogP contribution >= 0.6 is 15.9 Å². The van der Waals surface area contributed by atoms with Gasteiger partial charge in [-0.25, -0.2) is 0 Å². The van der Waals surface area contributed by atoms with E-state index in [4.69, 9.17) is 4.74 Å². The maximum absolute atomic E-state index is 11.9. The molecule has 2 atom stereocenters. The van der Waals surface area contributed by atoms with Crippen molar-refractivity contribution in [2.45, 2.75) is 36.9 Å². The second kappa shape index (κ2) is 3.22. The van der Waals surface area contributed by atoms with E-state index in [0.29, 0.717) is 4.83 Å². The fourth-order valence-corrected chi connectivity index (χ4v) is 5.23. The molecular formula is C12H17BrO2. The summed E-state index contributed by atoms with van der Waals surface area (Å²) in [6.45, 7) is 0. The lowest BCUT2D eigenvalue weighted by atomic mass is 9.49. The molecule has 4 fully saturated rings. The van der Waals surface area contributed by atoms with Crippen LogP contribution in [0.15, 0.2) is 0 Å². The maximum atomic E-state index is 11.9. The van der Waals surface area contributed by atoms with Crippen LogP contribution in [0.3, 0.4) is 0 Å². The molecular weight excluding hydrogens is 256 g/mol. The van der Waals surface area contributed by atoms with Crippen LogP contribution in [0.1, 0.15) is 32.1 Å². The highest BCUT2D eigenvalue weighted by Gasteiger charge is 2.58. The van der Waals surface area contributed by atoms with Gasteiger partial charge in [0.15, 0.2) is 0 Å². The first kappa shape index (κ1) is 10.1. The molecule has 0 aliphatic heterocycles. The summed E-state index contributed by atoms with van der Waals surface area (Å²) in [4.78, 5) is 12.6. The van der Waals surface area contributed by atoms with Gasteiger partial charge in [-0.3, -0.25) is 4.79 Å². The van der Waals surface area contributed by atoms with Gasteiger partial charge in [-0.15, -0.1) is 0 Å². The lowest BCUT2D eigenvalue weighted by Crippen LogP contribution is -2.54. The Morgan fingerprint density at radius 1 is 1.27 bits per heavy atom. The molecule has 2 nitrogen and oxygen atoms in total. The zero-order valence-corrected chi connectivity index (χ0v) is 10.6. The lowest BCUT2D eigenvalue weighted by Gasteiger charge is -2.57. The van der Waals surface area contributed by atoms with Crippen LogP contribution in [-0.2, 0) is 9.53 Å². The first-order chi connectivity index (χ1) is 7.14. The van der Waals surface area contributed by atoms with Crippen molar-refractivity contribution in [2.75, 3.05) is 7.11 Å². The molecule has 0 aromatic carbocycles. The third kappa shape index (κ3) is 1.31. The van der Waals surface area contributed by atoms with Gasteiger partial charge in [-0.2, -0.15) is 0 Å². The van der Waals surface area contributed by atoms with Crippen molar-refractivity contribution in [2.24, 2.45) is 23.2 Å². The maximum Gasteiger partial charge on any atom is 0.311 e. The number of rotatable bonds is 1. The highest BCUT2D eigenvalue weighted by molar-refractivity contribution is 9.09. The molecule has 4 aliphatic carbocycles. The number of hydrogen-bond acceptors (Lipinski definition) is 2. The minimum atomic E-state index is -0.102. The Balaban J connectivity index is 1.92. The van der Waals surface area contributed by atoms with Gasteiger partial charge >= 0.3 is 5.97 Å². The van der Waals surface area contributed by atoms with Crippen LogP contribution in [0.4, 0.5) is 0 Å². The molecule has 0 aromatic heterocycles. The van der Waals surface area contributed by atoms with E-state index in [2.05, 4.69) is 15.9 Å². The van der Waals surface area contributed by atoms with E-state index in [1.165, 1.54) is 20.0 Å². The molecule has 4 saturated carbocycles. The van der Waals surface area contributed by atoms with E-state index < -0.39 is 0 Å². The van der Waals surface area contributed by atoms with Crippen LogP contribution in [0.25, 0.3) is 0 Å². The van der Waals surface area contributed by atoms with E-state index >= 15 is 0 Å². The number of hydrogen-bond donors (Lipinski definition) is 0. The van der Waals surface area contributed by atoms with Crippen LogP contribution < -0.4 is 0 Å². The number of esters is 1. The number of alkyl halides is 1. The molecule has 0 heterocycles. The Kier molecular flexibility index (Phi) is 2.17. The molecule has 0 aromatic rings. The minimum absolute atomic E-state index is 0.0568. The molecule has 0 saturated heterocycles. The van der Waals surface area contributed by atoms with Gasteiger partial charge in [-0.1, -0.05) is 15.9 Å². The molecule has 0 amide bonds. The number of ether oxygens (including phenoxy) is 1. The van der Waals surface area contributed by atoms with Gasteiger partial charge in [0.2, 0.25) is 0 Å². The summed E-state index contributed by atoms with van der Waals surface area (Å²) < 4.78 is 5.02. The van der Waals surface area contributed by atoms with E-state index in [0.717, 1.165) is 37.0 Å². The Morgan fingerprint density at radius 2 is 1.87 bits per heavy atom. The van der Waals surface area contributed by atoms with Crippen molar-refractivity contribution < 1.29 is 9.53 Å². The molecule has 0 spiro atoms. The summed E-state index contributed by atoms with van der Waals surface area (Å²) in [6.07, 6.45) is 5.86. The lowest BCUT2D eigenvalue weighted by molar-refractivity contribution is -0.167. The SMILES string of the molecule is COC(=O)C12CC3CC(C1)C(Br)C(C3)C2. The number of carbonyl (C=O) groups excluding carboxylic acids is 1. The van der Waals surface area contributed by atoms with Gasteiger partial charge in [0.05, 0.1) is 12.5 Å². The van der Waals surface area contributed by atoms with E-state index in [1.807, 2.05) is 0 Å². The molecule has 84 valence electrons. The molecule has 4 aliphatic rings. The van der Waals surface area contributed by atoms with Crippen molar-refractivity contribution in [1.29, 1.82) is 0 Å². The van der Waals surface area contributed by atoms with Crippen molar-refractivity contribution in [3.63, 3.8) is 0 Å². The van der Waals surface area contributed by atoms with E-state index in [1.54, 1.807) is 0 Å². The highest BCUT2D eigenvalue weighted by Crippen LogP contribution is 2.62. The molecule has 2 unspecified atom stereocenters. The third-order valence-electron chi connectivity index (χ3n) is 4.78. The summed E-state index contributed by atoms with van der Waals surface area (Å²) >= 11 is 3.82. The summed E-state index contributed by atoms with van der Waals surface area (Å²) in [6, 6.07) is 0. The molecule has 15 heavy (non-hydrogen) atoms. The Morgan fingerprint density at radius 3 is 2.40 bits per heavy atom. The topological polar surface area (TPSA) is 26.3 Å². The van der Waals surface area contributed by atoms with E-state index in [-0.39, 0.29) is 11.4 Å². The first-order valence-corrected chi connectivity index (χ1v) is 6.79. The van der Waals surface area contributed by atoms with E-state index in [9.17, 15) is 4.79 Å². The van der Waals surface area contributed by atoms with Crippen molar-refractivity contribution in [3.05, 3.63) is 0 Å². The summed E-state index contributed by atoms with van der Waals surface area (Å²) in [5.41, 5.74) is -0.102. The largest absolute Gasteiger partial charge is 0.469 e. The summed E-state index contributed by atoms with van der Waals surface area (Å²) in [7, 11) is 1.53. The smallest absolute Gasteiger partial charge is 0.311 e. The zero-order chi connectivity index (χ0) is 10.6. The third-order valence-corrected chi connectivity index (χ3v) is 6.27. The van der Waals surface area contributed by atoms with Crippen LogP contribution in [0.5, 0.6) is 0 Å². The number of halogens is 1. The highest BCUT2D eigenvalue weighted by atomic mass is 79.9. The fourth-order valence-electron chi connectivity index (χ4n) is 4.43. The molecule has 3 heteroatoms. The number of carbonyl (C=O) groups is 1. The van der Waals surface area contributed by atoms with Crippen LogP contribution in [-0.4, -0.2) is 17.9 Å². The average molecular weight is 273 g/mol. The normalized spacial score (nSPS) is 51.9. The minimum Gasteiger partial charge on any atom is -0.469 e. The Hall–Kier alpha value is -0.0500. The summed E-state index contributed by atoms with van der Waals surface area (Å²) in [5.74, 6) is 2.28. The first-order valence-electron chi connectivity index (χ1n) is 5.87. The fraction of sp³-hybridized carbons (Fsp3) is 0.917. The predicted octanol–water partition coefficient (Wildman–Crippen LogP) is 2.75. The molecule has 0 radical (unpaired) electrons. The zero-order valence-electron chi connectivity index (χ0n) is 9.04. The standard InChI is InChI=1S/C12H17BrO2/c1-15-11(14)12-4-7-2-8(5-12)10(13)9(3-7)6-12/h7-10H,2-6H2,1H3. The monoisotopic (exact) mass is 272 g/mol. The molecule has 4 bridgehead atoms. The molecule has 4 rings (SSSR count). The van der Waals surface area contributed by atoms with Gasteiger partial charge < -0.3 is 4.74 Å². The average Bonchev–Trinajstić information content (AvgIpc) is 2.23. The quantitative estimate of drug-likeness (QED) is 0.542. The van der Waals surface area contributed by atoms with Gasteiger partial charge in [0.1, 0.15) is 0 Å². The van der Waals surface area contributed by atoms with Gasteiger partial charge in [-0.05, 0) is 49.9 Å². The molecule has 0 N–H and O–H groups in total. The Labute approximate surface area is 98.9 Å². The summed E-state index contributed by atoms with van der Waals surface area (Å²) in [5, 5.41) is 0. The number of methoxy groups -OCH3 is 1. The van der Waals surface area contributed by atoms with Gasteiger partial charge in [0.25, 0.3) is 0 Å². The van der Waals surface area contributed by atoms with Crippen LogP contribution in [0.2, 0.25) is 0 Å². The van der Waals surface area contributed by atoms with Crippen molar-refractivity contribution in [3.8, 4) is 0 Å².